The second-order valence-corrected chi connectivity index (χ2v) is 5.18. The molecule has 0 atom stereocenters. The Morgan fingerprint density at radius 1 is 1.40 bits per heavy atom. The van der Waals surface area contributed by atoms with E-state index in [4.69, 9.17) is 5.73 Å². The van der Waals surface area contributed by atoms with E-state index in [1.54, 1.807) is 38.1 Å². The molecule has 0 aliphatic carbocycles. The van der Waals surface area contributed by atoms with Crippen LogP contribution in [-0.4, -0.2) is 21.7 Å². The fourth-order valence-electron chi connectivity index (χ4n) is 1.58. The lowest BCUT2D eigenvalue weighted by atomic mass is 10.1. The fraction of sp³-hybridized carbons (Fsp3) is 0.154. The van der Waals surface area contributed by atoms with Gasteiger partial charge in [-0.1, -0.05) is 11.3 Å². The molecule has 1 aromatic heterocycles. The molecule has 1 aromatic carbocycles. The van der Waals surface area contributed by atoms with Crippen LogP contribution >= 0.6 is 11.3 Å². The number of anilines is 1. The van der Waals surface area contributed by atoms with Crippen LogP contribution in [0.25, 0.3) is 0 Å². The number of aryl methyl sites for hydroxylation is 1. The number of phenols is 1. The number of hydrogen-bond acceptors (Lipinski definition) is 6. The highest BCUT2D eigenvalue weighted by atomic mass is 32.1. The van der Waals surface area contributed by atoms with Gasteiger partial charge < -0.3 is 10.8 Å². The molecular formula is C13H14N4O2S. The van der Waals surface area contributed by atoms with E-state index in [9.17, 15) is 9.90 Å². The van der Waals surface area contributed by atoms with E-state index in [0.717, 1.165) is 16.9 Å². The highest BCUT2D eigenvalue weighted by Gasteiger charge is 2.13. The molecule has 0 saturated carbocycles. The number of nitrogen functional groups attached to an aromatic ring is 1. The van der Waals surface area contributed by atoms with Crippen LogP contribution in [0.15, 0.2) is 29.4 Å². The summed E-state index contributed by atoms with van der Waals surface area (Å²) < 4.78 is 0. The summed E-state index contributed by atoms with van der Waals surface area (Å²) in [7, 11) is 0. The molecule has 2 rings (SSSR count). The molecule has 0 aliphatic heterocycles. The summed E-state index contributed by atoms with van der Waals surface area (Å²) in [5.41, 5.74) is 10.0. The number of aromatic nitrogens is 1. The van der Waals surface area contributed by atoms with E-state index < -0.39 is 0 Å². The Labute approximate surface area is 120 Å². The van der Waals surface area contributed by atoms with E-state index >= 15 is 0 Å². The highest BCUT2D eigenvalue weighted by molar-refractivity contribution is 7.17. The number of nitrogens with two attached hydrogens (primary N) is 1. The van der Waals surface area contributed by atoms with Crippen LogP contribution in [0.5, 0.6) is 5.75 Å². The van der Waals surface area contributed by atoms with Crippen molar-refractivity contribution in [2.75, 3.05) is 5.73 Å². The van der Waals surface area contributed by atoms with Crippen LogP contribution in [0.1, 0.15) is 27.9 Å². The predicted octanol–water partition coefficient (Wildman–Crippen LogP) is 1.89. The normalized spacial score (nSPS) is 11.4. The van der Waals surface area contributed by atoms with Crippen molar-refractivity contribution in [1.82, 2.24) is 10.4 Å². The zero-order valence-electron chi connectivity index (χ0n) is 11.0. The number of rotatable bonds is 3. The Balaban J connectivity index is 2.10. The second kappa shape index (κ2) is 5.70. The van der Waals surface area contributed by atoms with E-state index in [0.29, 0.717) is 21.4 Å². The molecule has 0 radical (unpaired) electrons. The van der Waals surface area contributed by atoms with Gasteiger partial charge in [-0.2, -0.15) is 5.10 Å². The number of hydrogen-bond donors (Lipinski definition) is 3. The first-order chi connectivity index (χ1) is 9.47. The van der Waals surface area contributed by atoms with Crippen LogP contribution in [-0.2, 0) is 0 Å². The third kappa shape index (κ3) is 3.12. The number of phenolic OH excluding ortho intramolecular Hbond substituents is 1. The summed E-state index contributed by atoms with van der Waals surface area (Å²) in [5, 5.41) is 13.6. The predicted molar refractivity (Wildman–Crippen MR) is 79.0 cm³/mol. The minimum atomic E-state index is -0.338. The van der Waals surface area contributed by atoms with Crippen molar-refractivity contribution in [3.8, 4) is 5.75 Å². The number of benzene rings is 1. The van der Waals surface area contributed by atoms with Gasteiger partial charge in [0.15, 0.2) is 5.13 Å². The maximum absolute atomic E-state index is 11.9. The van der Waals surface area contributed by atoms with E-state index in [1.165, 1.54) is 0 Å². The Morgan fingerprint density at radius 3 is 2.60 bits per heavy atom. The van der Waals surface area contributed by atoms with Crippen LogP contribution in [0.4, 0.5) is 5.13 Å². The maximum atomic E-state index is 11.9. The minimum Gasteiger partial charge on any atom is -0.508 e. The lowest BCUT2D eigenvalue weighted by molar-refractivity contribution is 0.0958. The quantitative estimate of drug-likeness (QED) is 0.593. The number of carbonyl (C=O) groups excluding carboxylic acids is 1. The second-order valence-electron chi connectivity index (χ2n) is 4.15. The fourth-order valence-corrected chi connectivity index (χ4v) is 2.30. The van der Waals surface area contributed by atoms with Crippen LogP contribution in [0.2, 0.25) is 0 Å². The van der Waals surface area contributed by atoms with Crippen molar-refractivity contribution in [2.45, 2.75) is 13.8 Å². The zero-order valence-corrected chi connectivity index (χ0v) is 11.9. The van der Waals surface area contributed by atoms with Crippen molar-refractivity contribution < 1.29 is 9.90 Å². The van der Waals surface area contributed by atoms with Crippen molar-refractivity contribution in [2.24, 2.45) is 5.10 Å². The summed E-state index contributed by atoms with van der Waals surface area (Å²) in [4.78, 5) is 16.4. The smallest absolute Gasteiger partial charge is 0.283 e. The first kappa shape index (κ1) is 14.0. The van der Waals surface area contributed by atoms with Gasteiger partial charge in [-0.15, -0.1) is 0 Å². The highest BCUT2D eigenvalue weighted by Crippen LogP contribution is 2.19. The van der Waals surface area contributed by atoms with E-state index in [-0.39, 0.29) is 11.7 Å². The molecule has 0 spiro atoms. The minimum absolute atomic E-state index is 0.182. The lowest BCUT2D eigenvalue weighted by Gasteiger charge is -2.02. The molecular weight excluding hydrogens is 276 g/mol. The number of hydrazone groups is 1. The largest absolute Gasteiger partial charge is 0.508 e. The van der Waals surface area contributed by atoms with Crippen LogP contribution in [0, 0.1) is 6.92 Å². The number of thiazole rings is 1. The van der Waals surface area contributed by atoms with Gasteiger partial charge in [0.25, 0.3) is 5.91 Å². The molecule has 4 N–H and O–H groups in total. The van der Waals surface area contributed by atoms with Gasteiger partial charge in [0.1, 0.15) is 10.6 Å². The number of carbonyl (C=O) groups is 1. The van der Waals surface area contributed by atoms with Gasteiger partial charge in [0, 0.05) is 0 Å². The first-order valence-electron chi connectivity index (χ1n) is 5.84. The van der Waals surface area contributed by atoms with Gasteiger partial charge in [-0.25, -0.2) is 10.4 Å². The lowest BCUT2D eigenvalue weighted by Crippen LogP contribution is -2.19. The number of nitrogens with zero attached hydrogens (tertiary/aromatic N) is 2. The van der Waals surface area contributed by atoms with Crippen molar-refractivity contribution in [3.63, 3.8) is 0 Å². The van der Waals surface area contributed by atoms with Crippen LogP contribution in [0.3, 0.4) is 0 Å². The van der Waals surface area contributed by atoms with Gasteiger partial charge in [0.05, 0.1) is 11.4 Å². The monoisotopic (exact) mass is 290 g/mol. The third-order valence-electron chi connectivity index (χ3n) is 2.63. The van der Waals surface area contributed by atoms with E-state index in [2.05, 4.69) is 15.5 Å². The maximum Gasteiger partial charge on any atom is 0.283 e. The van der Waals surface area contributed by atoms with Crippen molar-refractivity contribution in [3.05, 3.63) is 40.4 Å². The van der Waals surface area contributed by atoms with Crippen LogP contribution < -0.4 is 11.2 Å². The topological polar surface area (TPSA) is 101 Å². The van der Waals surface area contributed by atoms with Gasteiger partial charge in [0.2, 0.25) is 0 Å². The zero-order chi connectivity index (χ0) is 14.7. The Kier molecular flexibility index (Phi) is 3.99. The molecule has 0 bridgehead atoms. The summed E-state index contributed by atoms with van der Waals surface area (Å²) >= 11 is 1.12. The standard InChI is InChI=1S/C13H14N4O2S/c1-7(9-3-5-10(18)6-4-9)16-17-12(19)11-8(2)15-13(14)20-11/h3-6,18H,1-2H3,(H2,14,15)(H,17,19)/b16-7+. The van der Waals surface area contributed by atoms with E-state index in [1.807, 2.05) is 0 Å². The number of amides is 1. The van der Waals surface area contributed by atoms with Gasteiger partial charge in [-0.05, 0) is 43.7 Å². The average Bonchev–Trinajstić information content (AvgIpc) is 2.75. The third-order valence-corrected chi connectivity index (χ3v) is 3.61. The molecule has 7 heteroatoms. The molecule has 2 aromatic rings. The Hall–Kier alpha value is -2.41. The molecule has 1 amide bonds. The van der Waals surface area contributed by atoms with Crippen molar-refractivity contribution in [1.29, 1.82) is 0 Å². The Bertz CT molecular complexity index is 662. The number of nitrogens with one attached hydrogen (secondary N) is 1. The molecule has 0 saturated heterocycles. The average molecular weight is 290 g/mol. The molecule has 20 heavy (non-hydrogen) atoms. The molecule has 1 heterocycles. The summed E-state index contributed by atoms with van der Waals surface area (Å²) in [6.45, 7) is 3.48. The first-order valence-corrected chi connectivity index (χ1v) is 6.66. The summed E-state index contributed by atoms with van der Waals surface area (Å²) in [6.07, 6.45) is 0. The summed E-state index contributed by atoms with van der Waals surface area (Å²) in [5.74, 6) is -0.156. The number of aromatic hydroxyl groups is 1. The Morgan fingerprint density at radius 2 is 2.05 bits per heavy atom. The molecule has 104 valence electrons. The van der Waals surface area contributed by atoms with Gasteiger partial charge in [-0.3, -0.25) is 4.79 Å². The molecule has 0 unspecified atom stereocenters. The van der Waals surface area contributed by atoms with Crippen molar-refractivity contribution >= 4 is 28.1 Å². The van der Waals surface area contributed by atoms with Gasteiger partial charge >= 0.3 is 0 Å². The summed E-state index contributed by atoms with van der Waals surface area (Å²) in [6, 6.07) is 6.56. The molecule has 0 aliphatic rings. The molecule has 6 nitrogen and oxygen atoms in total. The SMILES string of the molecule is C/C(=N\NC(=O)c1sc(N)nc1C)c1ccc(O)cc1. The molecule has 0 fully saturated rings.